The molecule has 1 saturated heterocycles. The number of aromatic nitrogens is 3. The third kappa shape index (κ3) is 3.74. The van der Waals surface area contributed by atoms with Crippen molar-refractivity contribution in [1.82, 2.24) is 20.1 Å². The number of benzene rings is 1. The minimum absolute atomic E-state index is 0.588. The molecule has 1 fully saturated rings. The summed E-state index contributed by atoms with van der Waals surface area (Å²) in [6, 6.07) is 6.26. The number of anilines is 3. The van der Waals surface area contributed by atoms with Crippen LogP contribution in [0.2, 0.25) is 0 Å². The van der Waals surface area contributed by atoms with Gasteiger partial charge in [0.25, 0.3) is 0 Å². The molecule has 7 heteroatoms. The lowest BCUT2D eigenvalue weighted by molar-refractivity contribution is -0.118. The van der Waals surface area contributed by atoms with Crippen molar-refractivity contribution in [2.75, 3.05) is 36.4 Å². The quantitative estimate of drug-likeness (QED) is 0.863. The number of rotatable bonds is 4. The van der Waals surface area contributed by atoms with Gasteiger partial charge >= 0.3 is 0 Å². The van der Waals surface area contributed by atoms with E-state index in [0.29, 0.717) is 37.9 Å². The van der Waals surface area contributed by atoms with Crippen LogP contribution in [0.15, 0.2) is 24.4 Å². The van der Waals surface area contributed by atoms with E-state index < -0.39 is 0 Å². The first-order valence-electron chi connectivity index (χ1n) is 7.63. The predicted octanol–water partition coefficient (Wildman–Crippen LogP) is 1.51. The third-order valence-electron chi connectivity index (χ3n) is 3.79. The fraction of sp³-hybridized carbons (Fsp3) is 0.375. The van der Waals surface area contributed by atoms with Crippen LogP contribution in [-0.2, 0) is 4.79 Å². The average molecular weight is 312 g/mol. The highest BCUT2D eigenvalue weighted by Crippen LogP contribution is 2.19. The highest BCUT2D eigenvalue weighted by molar-refractivity contribution is 5.58. The zero-order valence-electron chi connectivity index (χ0n) is 13.4. The molecule has 2 aromatic rings. The van der Waals surface area contributed by atoms with Crippen LogP contribution in [0.5, 0.6) is 0 Å². The van der Waals surface area contributed by atoms with Crippen molar-refractivity contribution in [2.45, 2.75) is 13.8 Å². The summed E-state index contributed by atoms with van der Waals surface area (Å²) in [6.45, 7) is 6.92. The molecule has 1 aliphatic heterocycles. The van der Waals surface area contributed by atoms with Gasteiger partial charge in [-0.2, -0.15) is 10.1 Å². The highest BCUT2D eigenvalue weighted by atomic mass is 16.1. The normalized spacial score (nSPS) is 14.7. The topological polar surface area (TPSA) is 74.2 Å². The van der Waals surface area contributed by atoms with E-state index in [1.807, 2.05) is 4.90 Å². The van der Waals surface area contributed by atoms with E-state index in [4.69, 9.17) is 0 Å². The van der Waals surface area contributed by atoms with E-state index in [-0.39, 0.29) is 0 Å². The van der Waals surface area contributed by atoms with Gasteiger partial charge in [0.15, 0.2) is 5.82 Å². The monoisotopic (exact) mass is 312 g/mol. The predicted molar refractivity (Wildman–Crippen MR) is 88.9 cm³/mol. The van der Waals surface area contributed by atoms with Crippen LogP contribution < -0.4 is 10.2 Å². The van der Waals surface area contributed by atoms with Gasteiger partial charge in [-0.15, -0.1) is 5.10 Å². The van der Waals surface area contributed by atoms with Crippen molar-refractivity contribution in [1.29, 1.82) is 0 Å². The number of piperazine rings is 1. The largest absolute Gasteiger partial charge is 0.342 e. The first kappa shape index (κ1) is 15.2. The van der Waals surface area contributed by atoms with Crippen LogP contribution >= 0.6 is 0 Å². The fourth-order valence-electron chi connectivity index (χ4n) is 2.71. The maximum Gasteiger partial charge on any atom is 0.247 e. The maximum absolute atomic E-state index is 10.8. The van der Waals surface area contributed by atoms with Crippen molar-refractivity contribution in [2.24, 2.45) is 0 Å². The standard InChI is InChI=1S/C16H20N6O/c1-12-7-13(2)9-14(8-12)18-15-10-17-20-16(19-15)22-5-3-21(11-23)4-6-22/h7-11H,3-6H2,1-2H3,(H,18,19,20). The Morgan fingerprint density at radius 3 is 2.43 bits per heavy atom. The Kier molecular flexibility index (Phi) is 4.36. The molecule has 1 N–H and O–H groups in total. The molecule has 0 atom stereocenters. The Hall–Kier alpha value is -2.70. The Balaban J connectivity index is 1.73. The van der Waals surface area contributed by atoms with E-state index in [2.05, 4.69) is 52.5 Å². The first-order chi connectivity index (χ1) is 11.1. The molecule has 23 heavy (non-hydrogen) atoms. The molecular formula is C16H20N6O. The van der Waals surface area contributed by atoms with Crippen molar-refractivity contribution >= 4 is 23.9 Å². The van der Waals surface area contributed by atoms with Crippen molar-refractivity contribution < 1.29 is 4.79 Å². The second-order valence-electron chi connectivity index (χ2n) is 5.77. The molecule has 1 aromatic heterocycles. The van der Waals surface area contributed by atoms with E-state index in [1.54, 1.807) is 11.1 Å². The summed E-state index contributed by atoms with van der Waals surface area (Å²) in [5.74, 6) is 1.25. The lowest BCUT2D eigenvalue weighted by Gasteiger charge is -2.32. The van der Waals surface area contributed by atoms with Crippen LogP contribution in [-0.4, -0.2) is 52.7 Å². The summed E-state index contributed by atoms with van der Waals surface area (Å²) in [5.41, 5.74) is 3.37. The highest BCUT2D eigenvalue weighted by Gasteiger charge is 2.18. The molecular weight excluding hydrogens is 292 g/mol. The molecule has 0 unspecified atom stereocenters. The molecule has 1 amide bonds. The summed E-state index contributed by atoms with van der Waals surface area (Å²) < 4.78 is 0. The number of amides is 1. The minimum atomic E-state index is 0.588. The van der Waals surface area contributed by atoms with E-state index in [0.717, 1.165) is 12.1 Å². The molecule has 7 nitrogen and oxygen atoms in total. The number of hydrogen-bond donors (Lipinski definition) is 1. The summed E-state index contributed by atoms with van der Waals surface area (Å²) in [7, 11) is 0. The molecule has 0 saturated carbocycles. The van der Waals surface area contributed by atoms with Crippen LogP contribution in [0.3, 0.4) is 0 Å². The SMILES string of the molecule is Cc1cc(C)cc(Nc2cnnc(N3CCN(C=O)CC3)n2)c1. The van der Waals surface area contributed by atoms with E-state index >= 15 is 0 Å². The Labute approximate surface area is 135 Å². The minimum Gasteiger partial charge on any atom is -0.342 e. The molecule has 0 spiro atoms. The van der Waals surface area contributed by atoms with Crippen molar-refractivity contribution in [3.8, 4) is 0 Å². The van der Waals surface area contributed by atoms with Crippen LogP contribution in [0.1, 0.15) is 11.1 Å². The number of carbonyl (C=O) groups is 1. The van der Waals surface area contributed by atoms with Gasteiger partial charge in [-0.1, -0.05) is 6.07 Å². The number of nitrogens with zero attached hydrogens (tertiary/aromatic N) is 5. The summed E-state index contributed by atoms with van der Waals surface area (Å²) in [4.78, 5) is 19.1. The van der Waals surface area contributed by atoms with Crippen LogP contribution in [0.4, 0.5) is 17.5 Å². The van der Waals surface area contributed by atoms with Gasteiger partial charge in [0.05, 0.1) is 6.20 Å². The smallest absolute Gasteiger partial charge is 0.247 e. The van der Waals surface area contributed by atoms with Crippen LogP contribution in [0.25, 0.3) is 0 Å². The van der Waals surface area contributed by atoms with Gasteiger partial charge in [-0.05, 0) is 37.1 Å². The molecule has 2 heterocycles. The Bertz CT molecular complexity index is 676. The van der Waals surface area contributed by atoms with Crippen LogP contribution in [0, 0.1) is 13.8 Å². The second-order valence-corrected chi connectivity index (χ2v) is 5.77. The Morgan fingerprint density at radius 2 is 1.78 bits per heavy atom. The molecule has 0 radical (unpaired) electrons. The second kappa shape index (κ2) is 6.60. The van der Waals surface area contributed by atoms with Gasteiger partial charge in [-0.25, -0.2) is 0 Å². The van der Waals surface area contributed by atoms with Gasteiger partial charge in [0.1, 0.15) is 0 Å². The number of nitrogens with one attached hydrogen (secondary N) is 1. The summed E-state index contributed by atoms with van der Waals surface area (Å²) >= 11 is 0. The molecule has 3 rings (SSSR count). The zero-order chi connectivity index (χ0) is 16.2. The molecule has 0 bridgehead atoms. The summed E-state index contributed by atoms with van der Waals surface area (Å²) in [5, 5.41) is 11.4. The number of carbonyl (C=O) groups excluding carboxylic acids is 1. The zero-order valence-corrected chi connectivity index (χ0v) is 13.4. The van der Waals surface area contributed by atoms with Gasteiger partial charge in [0.2, 0.25) is 12.4 Å². The van der Waals surface area contributed by atoms with E-state index in [1.165, 1.54) is 11.1 Å². The lowest BCUT2D eigenvalue weighted by Crippen LogP contribution is -2.46. The Morgan fingerprint density at radius 1 is 1.09 bits per heavy atom. The first-order valence-corrected chi connectivity index (χ1v) is 7.63. The number of aryl methyl sites for hydroxylation is 2. The summed E-state index contributed by atoms with van der Waals surface area (Å²) in [6.07, 6.45) is 2.50. The molecule has 1 aromatic carbocycles. The average Bonchev–Trinajstić information content (AvgIpc) is 2.54. The fourth-order valence-corrected chi connectivity index (χ4v) is 2.71. The van der Waals surface area contributed by atoms with Gasteiger partial charge < -0.3 is 15.1 Å². The lowest BCUT2D eigenvalue weighted by atomic mass is 10.1. The van der Waals surface area contributed by atoms with Gasteiger partial charge in [0, 0.05) is 31.9 Å². The molecule has 1 aliphatic rings. The molecule has 120 valence electrons. The number of hydrogen-bond acceptors (Lipinski definition) is 6. The third-order valence-corrected chi connectivity index (χ3v) is 3.79. The van der Waals surface area contributed by atoms with Crippen molar-refractivity contribution in [3.63, 3.8) is 0 Å². The molecule has 0 aliphatic carbocycles. The maximum atomic E-state index is 10.8. The van der Waals surface area contributed by atoms with E-state index in [9.17, 15) is 4.79 Å². The van der Waals surface area contributed by atoms with Crippen molar-refractivity contribution in [3.05, 3.63) is 35.5 Å². The van der Waals surface area contributed by atoms with Gasteiger partial charge in [-0.3, -0.25) is 4.79 Å².